The minimum atomic E-state index is -0.216. The number of nitrogens with two attached hydrogens (primary N) is 1. The van der Waals surface area contributed by atoms with E-state index in [2.05, 4.69) is 5.10 Å². The smallest absolute Gasteiger partial charge is 0.101 e. The van der Waals surface area contributed by atoms with Crippen LogP contribution in [0, 0.1) is 6.92 Å². The lowest BCUT2D eigenvalue weighted by Crippen LogP contribution is -2.18. The molecular formula is C12H17N3O2. The summed E-state index contributed by atoms with van der Waals surface area (Å²) in [7, 11) is 1.67. The molecule has 1 unspecified atom stereocenters. The fourth-order valence-corrected chi connectivity index (χ4v) is 1.77. The van der Waals surface area contributed by atoms with Gasteiger partial charge in [-0.15, -0.1) is 0 Å². The number of ether oxygens (including phenoxy) is 1. The molecule has 2 N–H and O–H groups in total. The number of nitrogens with zero attached hydrogens (tertiary/aromatic N) is 2. The van der Waals surface area contributed by atoms with Crippen molar-refractivity contribution in [2.24, 2.45) is 5.73 Å². The average molecular weight is 235 g/mol. The maximum Gasteiger partial charge on any atom is 0.101 e. The Labute approximate surface area is 100 Å². The summed E-state index contributed by atoms with van der Waals surface area (Å²) >= 11 is 0. The molecule has 2 aromatic rings. The minimum Gasteiger partial charge on any atom is -0.469 e. The van der Waals surface area contributed by atoms with Crippen LogP contribution < -0.4 is 5.73 Å². The number of rotatable bonds is 5. The van der Waals surface area contributed by atoms with Crippen molar-refractivity contribution >= 4 is 0 Å². The van der Waals surface area contributed by atoms with Crippen LogP contribution in [0.15, 0.2) is 29.0 Å². The van der Waals surface area contributed by atoms with Gasteiger partial charge in [-0.05, 0) is 19.1 Å². The zero-order valence-corrected chi connectivity index (χ0v) is 10.1. The topological polar surface area (TPSA) is 66.2 Å². The van der Waals surface area contributed by atoms with Crippen LogP contribution in [-0.4, -0.2) is 23.5 Å². The van der Waals surface area contributed by atoms with Gasteiger partial charge in [0.2, 0.25) is 0 Å². The lowest BCUT2D eigenvalue weighted by atomic mass is 10.1. The van der Waals surface area contributed by atoms with Crippen LogP contribution >= 0.6 is 0 Å². The van der Waals surface area contributed by atoms with E-state index >= 15 is 0 Å². The monoisotopic (exact) mass is 235 g/mol. The van der Waals surface area contributed by atoms with E-state index in [9.17, 15) is 0 Å². The Balaban J connectivity index is 2.18. The molecule has 0 radical (unpaired) electrons. The summed E-state index contributed by atoms with van der Waals surface area (Å²) < 4.78 is 12.2. The van der Waals surface area contributed by atoms with Crippen LogP contribution in [0.1, 0.15) is 23.1 Å². The van der Waals surface area contributed by atoms with Gasteiger partial charge in [-0.25, -0.2) is 0 Å². The van der Waals surface area contributed by atoms with Crippen molar-refractivity contribution in [3.8, 4) is 0 Å². The zero-order valence-electron chi connectivity index (χ0n) is 10.1. The van der Waals surface area contributed by atoms with Crippen molar-refractivity contribution in [1.29, 1.82) is 0 Å². The second-order valence-corrected chi connectivity index (χ2v) is 3.94. The highest BCUT2D eigenvalue weighted by Crippen LogP contribution is 2.21. The van der Waals surface area contributed by atoms with Crippen LogP contribution in [0.3, 0.4) is 0 Å². The molecule has 0 saturated carbocycles. The normalized spacial score (nSPS) is 12.9. The first-order valence-electron chi connectivity index (χ1n) is 5.53. The molecule has 2 aromatic heterocycles. The quantitative estimate of drug-likeness (QED) is 0.852. The molecule has 0 bridgehead atoms. The van der Waals surface area contributed by atoms with Crippen molar-refractivity contribution in [2.75, 3.05) is 13.7 Å². The zero-order chi connectivity index (χ0) is 12.3. The number of methoxy groups -OCH3 is 1. The summed E-state index contributed by atoms with van der Waals surface area (Å²) in [4.78, 5) is 0. The standard InChI is InChI=1S/C12H17N3O2/c1-9-7-10(8-17-9)12(13)11-3-4-14-15(11)5-6-16-2/h3-4,7-8,12H,5-6,13H2,1-2H3. The fourth-order valence-electron chi connectivity index (χ4n) is 1.77. The van der Waals surface area contributed by atoms with Gasteiger partial charge in [0, 0.05) is 18.9 Å². The molecule has 0 spiro atoms. The van der Waals surface area contributed by atoms with Gasteiger partial charge in [0.25, 0.3) is 0 Å². The molecule has 92 valence electrons. The molecule has 5 heteroatoms. The number of hydrogen-bond acceptors (Lipinski definition) is 4. The third-order valence-corrected chi connectivity index (χ3v) is 2.69. The Hall–Kier alpha value is -1.59. The molecule has 0 saturated heterocycles. The van der Waals surface area contributed by atoms with Crippen LogP contribution in [0.25, 0.3) is 0 Å². The van der Waals surface area contributed by atoms with Crippen LogP contribution in [0.4, 0.5) is 0 Å². The third kappa shape index (κ3) is 2.57. The van der Waals surface area contributed by atoms with Gasteiger partial charge in [0.15, 0.2) is 0 Å². The highest BCUT2D eigenvalue weighted by Gasteiger charge is 2.15. The van der Waals surface area contributed by atoms with Gasteiger partial charge in [0.05, 0.1) is 31.2 Å². The molecule has 0 aliphatic rings. The highest BCUT2D eigenvalue weighted by atomic mass is 16.5. The van der Waals surface area contributed by atoms with Crippen LogP contribution in [0.2, 0.25) is 0 Å². The predicted molar refractivity (Wildman–Crippen MR) is 63.6 cm³/mol. The van der Waals surface area contributed by atoms with Gasteiger partial charge in [0.1, 0.15) is 5.76 Å². The van der Waals surface area contributed by atoms with Crippen molar-refractivity contribution in [1.82, 2.24) is 9.78 Å². The van der Waals surface area contributed by atoms with Crippen LogP contribution in [-0.2, 0) is 11.3 Å². The summed E-state index contributed by atoms with van der Waals surface area (Å²) in [5, 5.41) is 4.23. The fraction of sp³-hybridized carbons (Fsp3) is 0.417. The third-order valence-electron chi connectivity index (χ3n) is 2.69. The number of hydrogen-bond donors (Lipinski definition) is 1. The van der Waals surface area contributed by atoms with Gasteiger partial charge < -0.3 is 14.9 Å². The maximum absolute atomic E-state index is 6.18. The molecule has 0 aliphatic heterocycles. The Morgan fingerprint density at radius 3 is 3.06 bits per heavy atom. The summed E-state index contributed by atoms with van der Waals surface area (Å²) in [6.07, 6.45) is 3.44. The van der Waals surface area contributed by atoms with Gasteiger partial charge in [-0.1, -0.05) is 0 Å². The lowest BCUT2D eigenvalue weighted by Gasteiger charge is -2.12. The summed E-state index contributed by atoms with van der Waals surface area (Å²) in [5.74, 6) is 0.860. The van der Waals surface area contributed by atoms with Gasteiger partial charge >= 0.3 is 0 Å². The Morgan fingerprint density at radius 1 is 1.59 bits per heavy atom. The predicted octanol–water partition coefficient (Wildman–Crippen LogP) is 1.48. The Morgan fingerprint density at radius 2 is 2.41 bits per heavy atom. The van der Waals surface area contributed by atoms with E-state index in [4.69, 9.17) is 14.9 Å². The molecule has 0 aromatic carbocycles. The van der Waals surface area contributed by atoms with Crippen molar-refractivity contribution < 1.29 is 9.15 Å². The van der Waals surface area contributed by atoms with E-state index in [0.29, 0.717) is 13.2 Å². The summed E-state index contributed by atoms with van der Waals surface area (Å²) in [6.45, 7) is 3.22. The van der Waals surface area contributed by atoms with E-state index in [1.165, 1.54) is 0 Å². The molecular weight excluding hydrogens is 218 g/mol. The minimum absolute atomic E-state index is 0.216. The summed E-state index contributed by atoms with van der Waals surface area (Å²) in [5.41, 5.74) is 8.11. The van der Waals surface area contributed by atoms with Gasteiger partial charge in [-0.2, -0.15) is 5.10 Å². The number of aryl methyl sites for hydroxylation is 1. The molecule has 0 amide bonds. The Kier molecular flexibility index (Phi) is 3.61. The molecule has 0 aliphatic carbocycles. The van der Waals surface area contributed by atoms with E-state index < -0.39 is 0 Å². The van der Waals surface area contributed by atoms with E-state index in [1.54, 1.807) is 19.6 Å². The number of aromatic nitrogens is 2. The molecule has 0 fully saturated rings. The van der Waals surface area contributed by atoms with Crippen molar-refractivity contribution in [3.05, 3.63) is 41.6 Å². The lowest BCUT2D eigenvalue weighted by molar-refractivity contribution is 0.182. The van der Waals surface area contributed by atoms with Crippen molar-refractivity contribution in [2.45, 2.75) is 19.5 Å². The molecule has 5 nitrogen and oxygen atoms in total. The van der Waals surface area contributed by atoms with E-state index in [1.807, 2.05) is 23.7 Å². The molecule has 2 rings (SSSR count). The van der Waals surface area contributed by atoms with E-state index in [0.717, 1.165) is 17.0 Å². The highest BCUT2D eigenvalue weighted by molar-refractivity contribution is 5.25. The van der Waals surface area contributed by atoms with E-state index in [-0.39, 0.29) is 6.04 Å². The first kappa shape index (κ1) is 11.9. The Bertz CT molecular complexity index is 476. The molecule has 2 heterocycles. The molecule has 1 atom stereocenters. The largest absolute Gasteiger partial charge is 0.469 e. The van der Waals surface area contributed by atoms with Crippen LogP contribution in [0.5, 0.6) is 0 Å². The van der Waals surface area contributed by atoms with Crippen molar-refractivity contribution in [3.63, 3.8) is 0 Å². The second kappa shape index (κ2) is 5.16. The molecule has 17 heavy (non-hydrogen) atoms. The maximum atomic E-state index is 6.18. The first-order valence-corrected chi connectivity index (χ1v) is 5.53. The van der Waals surface area contributed by atoms with Gasteiger partial charge in [-0.3, -0.25) is 4.68 Å². The average Bonchev–Trinajstić information content (AvgIpc) is 2.94. The first-order chi connectivity index (χ1) is 8.22. The number of furan rings is 1. The summed E-state index contributed by atoms with van der Waals surface area (Å²) in [6, 6.07) is 3.65. The second-order valence-electron chi connectivity index (χ2n) is 3.94. The SMILES string of the molecule is COCCn1nccc1C(N)c1coc(C)c1.